The first-order chi connectivity index (χ1) is 6.70. The Hall–Kier alpha value is -0.770. The highest BCUT2D eigenvalue weighted by Crippen LogP contribution is 2.09. The lowest BCUT2D eigenvalue weighted by Crippen LogP contribution is -2.05. The van der Waals surface area contributed by atoms with Crippen molar-refractivity contribution in [2.75, 3.05) is 19.8 Å². The molecule has 0 aromatic rings. The molecule has 1 atom stereocenters. The van der Waals surface area contributed by atoms with Gasteiger partial charge < -0.3 is 14.2 Å². The Morgan fingerprint density at radius 2 is 1.93 bits per heavy atom. The smallest absolute Gasteiger partial charge is 0.435 e. The quantitative estimate of drug-likeness (QED) is 0.648. The van der Waals surface area contributed by atoms with Crippen LogP contribution in [-0.2, 0) is 14.2 Å². The summed E-state index contributed by atoms with van der Waals surface area (Å²) < 4.78 is 14.0. The SMILES string of the molecule is CC1CCCO1.CCOC(=O)OCC. The average molecular weight is 204 g/mol. The summed E-state index contributed by atoms with van der Waals surface area (Å²) in [6, 6.07) is 0. The average Bonchev–Trinajstić information content (AvgIpc) is 2.58. The number of rotatable bonds is 2. The lowest BCUT2D eigenvalue weighted by atomic mass is 10.3. The number of carbonyl (C=O) groups is 1. The van der Waals surface area contributed by atoms with Crippen molar-refractivity contribution in [3.05, 3.63) is 0 Å². The lowest BCUT2D eigenvalue weighted by molar-refractivity contribution is 0.0630. The van der Waals surface area contributed by atoms with Crippen LogP contribution in [0.4, 0.5) is 4.79 Å². The van der Waals surface area contributed by atoms with Crippen LogP contribution in [0, 0.1) is 0 Å². The van der Waals surface area contributed by atoms with Crippen molar-refractivity contribution in [3.8, 4) is 0 Å². The van der Waals surface area contributed by atoms with Gasteiger partial charge in [0.05, 0.1) is 19.3 Å². The summed E-state index contributed by atoms with van der Waals surface area (Å²) in [4.78, 5) is 10.2. The molecule has 0 aliphatic carbocycles. The molecular formula is C10H20O4. The van der Waals surface area contributed by atoms with Crippen LogP contribution in [-0.4, -0.2) is 32.1 Å². The molecule has 84 valence electrons. The van der Waals surface area contributed by atoms with Crippen molar-refractivity contribution < 1.29 is 19.0 Å². The normalized spacial score (nSPS) is 19.5. The molecule has 0 saturated carbocycles. The standard InChI is InChI=1S/C5H10O3.C5H10O/c1-3-7-5(6)8-4-2;1-5-3-2-4-6-5/h3-4H2,1-2H3;5H,2-4H2,1H3. The predicted octanol–water partition coefficient (Wildman–Crippen LogP) is 2.36. The zero-order valence-electron chi connectivity index (χ0n) is 9.25. The summed E-state index contributed by atoms with van der Waals surface area (Å²) in [6.45, 7) is 7.32. The van der Waals surface area contributed by atoms with Crippen molar-refractivity contribution in [2.45, 2.75) is 39.7 Å². The van der Waals surface area contributed by atoms with Gasteiger partial charge in [-0.2, -0.15) is 0 Å². The van der Waals surface area contributed by atoms with Gasteiger partial charge in [0.15, 0.2) is 0 Å². The van der Waals surface area contributed by atoms with Crippen LogP contribution in [0.15, 0.2) is 0 Å². The molecule has 0 aromatic heterocycles. The Morgan fingerprint density at radius 3 is 2.14 bits per heavy atom. The topological polar surface area (TPSA) is 44.8 Å². The van der Waals surface area contributed by atoms with E-state index >= 15 is 0 Å². The van der Waals surface area contributed by atoms with Crippen LogP contribution in [0.25, 0.3) is 0 Å². The van der Waals surface area contributed by atoms with E-state index in [0.717, 1.165) is 6.61 Å². The molecule has 0 N–H and O–H groups in total. The van der Waals surface area contributed by atoms with Gasteiger partial charge in [0.1, 0.15) is 0 Å². The van der Waals surface area contributed by atoms with Crippen LogP contribution in [0.3, 0.4) is 0 Å². The van der Waals surface area contributed by atoms with Crippen LogP contribution < -0.4 is 0 Å². The molecule has 4 nitrogen and oxygen atoms in total. The van der Waals surface area contributed by atoms with E-state index in [2.05, 4.69) is 16.4 Å². The second-order valence-electron chi connectivity index (χ2n) is 2.94. The molecular weight excluding hydrogens is 184 g/mol. The molecule has 1 saturated heterocycles. The molecule has 4 heteroatoms. The Kier molecular flexibility index (Phi) is 8.33. The summed E-state index contributed by atoms with van der Waals surface area (Å²) in [6.07, 6.45) is 2.49. The van der Waals surface area contributed by atoms with Gasteiger partial charge in [0, 0.05) is 6.61 Å². The van der Waals surface area contributed by atoms with Crippen molar-refractivity contribution in [1.82, 2.24) is 0 Å². The number of ether oxygens (including phenoxy) is 3. The second-order valence-corrected chi connectivity index (χ2v) is 2.94. The Bertz CT molecular complexity index is 133. The minimum Gasteiger partial charge on any atom is -0.435 e. The van der Waals surface area contributed by atoms with E-state index < -0.39 is 6.16 Å². The maximum absolute atomic E-state index is 10.2. The van der Waals surface area contributed by atoms with E-state index in [0.29, 0.717) is 19.3 Å². The fraction of sp³-hybridized carbons (Fsp3) is 0.900. The summed E-state index contributed by atoms with van der Waals surface area (Å²) in [5.41, 5.74) is 0. The van der Waals surface area contributed by atoms with Crippen molar-refractivity contribution in [3.63, 3.8) is 0 Å². The van der Waals surface area contributed by atoms with Crippen LogP contribution in [0.2, 0.25) is 0 Å². The first kappa shape index (κ1) is 13.2. The zero-order valence-corrected chi connectivity index (χ0v) is 9.25. The number of carbonyl (C=O) groups excluding carboxylic acids is 1. The maximum Gasteiger partial charge on any atom is 0.508 e. The number of hydrogen-bond donors (Lipinski definition) is 0. The molecule has 0 bridgehead atoms. The van der Waals surface area contributed by atoms with Gasteiger partial charge in [-0.15, -0.1) is 0 Å². The largest absolute Gasteiger partial charge is 0.508 e. The van der Waals surface area contributed by atoms with Gasteiger partial charge in [-0.1, -0.05) is 0 Å². The van der Waals surface area contributed by atoms with E-state index in [9.17, 15) is 4.79 Å². The van der Waals surface area contributed by atoms with E-state index in [1.807, 2.05) is 0 Å². The van der Waals surface area contributed by atoms with Gasteiger partial charge in [0.2, 0.25) is 0 Å². The highest BCUT2D eigenvalue weighted by Gasteiger charge is 2.07. The van der Waals surface area contributed by atoms with Gasteiger partial charge in [-0.25, -0.2) is 4.79 Å². The van der Waals surface area contributed by atoms with Gasteiger partial charge >= 0.3 is 6.16 Å². The molecule has 1 rings (SSSR count). The first-order valence-corrected chi connectivity index (χ1v) is 5.11. The minimum absolute atomic E-state index is 0.374. The molecule has 1 unspecified atom stereocenters. The molecule has 1 aliphatic rings. The molecule has 14 heavy (non-hydrogen) atoms. The van der Waals surface area contributed by atoms with Gasteiger partial charge in [-0.05, 0) is 33.6 Å². The minimum atomic E-state index is -0.588. The van der Waals surface area contributed by atoms with Crippen LogP contribution in [0.5, 0.6) is 0 Å². The molecule has 0 radical (unpaired) electrons. The van der Waals surface area contributed by atoms with Crippen LogP contribution in [0.1, 0.15) is 33.6 Å². The second kappa shape index (κ2) is 8.81. The van der Waals surface area contributed by atoms with E-state index in [1.165, 1.54) is 12.8 Å². The third-order valence-electron chi connectivity index (χ3n) is 1.68. The zero-order chi connectivity index (χ0) is 10.8. The van der Waals surface area contributed by atoms with Crippen molar-refractivity contribution >= 4 is 6.16 Å². The summed E-state index contributed by atoms with van der Waals surface area (Å²) in [7, 11) is 0. The van der Waals surface area contributed by atoms with E-state index in [1.54, 1.807) is 13.8 Å². The Balaban J connectivity index is 0.000000249. The van der Waals surface area contributed by atoms with E-state index in [4.69, 9.17) is 4.74 Å². The molecule has 0 amide bonds. The predicted molar refractivity (Wildman–Crippen MR) is 53.3 cm³/mol. The van der Waals surface area contributed by atoms with Crippen molar-refractivity contribution in [2.24, 2.45) is 0 Å². The fourth-order valence-electron chi connectivity index (χ4n) is 1.02. The first-order valence-electron chi connectivity index (χ1n) is 5.11. The summed E-state index contributed by atoms with van der Waals surface area (Å²) >= 11 is 0. The third-order valence-corrected chi connectivity index (χ3v) is 1.68. The lowest BCUT2D eigenvalue weighted by Gasteiger charge is -1.98. The highest BCUT2D eigenvalue weighted by molar-refractivity contribution is 5.59. The third kappa shape index (κ3) is 7.86. The highest BCUT2D eigenvalue weighted by atomic mass is 16.7. The maximum atomic E-state index is 10.2. The molecule has 0 aromatic carbocycles. The van der Waals surface area contributed by atoms with E-state index in [-0.39, 0.29) is 0 Å². The van der Waals surface area contributed by atoms with Gasteiger partial charge in [0.25, 0.3) is 0 Å². The molecule has 0 spiro atoms. The Morgan fingerprint density at radius 1 is 1.36 bits per heavy atom. The molecule has 1 heterocycles. The Labute approximate surface area is 85.5 Å². The number of hydrogen-bond acceptors (Lipinski definition) is 4. The summed E-state index contributed by atoms with van der Waals surface area (Å²) in [5, 5.41) is 0. The van der Waals surface area contributed by atoms with Crippen molar-refractivity contribution in [1.29, 1.82) is 0 Å². The fourth-order valence-corrected chi connectivity index (χ4v) is 1.02. The summed E-state index contributed by atoms with van der Waals surface area (Å²) in [5.74, 6) is 0. The van der Waals surface area contributed by atoms with Gasteiger partial charge in [-0.3, -0.25) is 0 Å². The monoisotopic (exact) mass is 204 g/mol. The molecule has 1 fully saturated rings. The molecule has 1 aliphatic heterocycles. The van der Waals surface area contributed by atoms with Crippen LogP contribution >= 0.6 is 0 Å².